The van der Waals surface area contributed by atoms with E-state index in [0.29, 0.717) is 6.42 Å². The van der Waals surface area contributed by atoms with Crippen molar-refractivity contribution in [1.82, 2.24) is 4.98 Å². The Morgan fingerprint density at radius 2 is 1.43 bits per heavy atom. The lowest BCUT2D eigenvalue weighted by atomic mass is 9.85. The minimum atomic E-state index is -0.241. The van der Waals surface area contributed by atoms with E-state index in [9.17, 15) is 4.79 Å². The summed E-state index contributed by atoms with van der Waals surface area (Å²) in [4.78, 5) is 16.6. The molecule has 2 N–H and O–H groups in total. The first-order valence-electron chi connectivity index (χ1n) is 9.67. The first kappa shape index (κ1) is 18.1. The summed E-state index contributed by atoms with van der Waals surface area (Å²) in [5, 5.41) is 4.64. The van der Waals surface area contributed by atoms with Crippen molar-refractivity contribution >= 4 is 22.4 Å². The molecule has 28 heavy (non-hydrogen) atoms. The molecule has 4 rings (SSSR count). The van der Waals surface area contributed by atoms with Crippen molar-refractivity contribution in [2.45, 2.75) is 25.3 Å². The molecule has 0 fully saturated rings. The van der Waals surface area contributed by atoms with E-state index in [2.05, 4.69) is 29.4 Å². The topological polar surface area (TPSA) is 44.9 Å². The largest absolute Gasteiger partial charge is 0.380 e. The van der Waals surface area contributed by atoms with E-state index in [-0.39, 0.29) is 17.7 Å². The fourth-order valence-electron chi connectivity index (χ4n) is 3.78. The van der Waals surface area contributed by atoms with E-state index in [1.54, 1.807) is 0 Å². The van der Waals surface area contributed by atoms with Gasteiger partial charge in [0, 0.05) is 29.6 Å². The highest BCUT2D eigenvalue weighted by atomic mass is 16.1. The highest BCUT2D eigenvalue weighted by molar-refractivity contribution is 5.93. The number of rotatable bonds is 7. The Balaban J connectivity index is 1.54. The normalized spacial score (nSPS) is 12.2. The van der Waals surface area contributed by atoms with E-state index in [4.69, 9.17) is 0 Å². The number of ketones is 1. The Kier molecular flexibility index (Phi) is 5.24. The number of Topliss-reactive ketones (excluding diaryl/α,β-unsaturated/α-hetero) is 1. The van der Waals surface area contributed by atoms with Crippen LogP contribution < -0.4 is 5.32 Å². The van der Waals surface area contributed by atoms with Gasteiger partial charge >= 0.3 is 0 Å². The molecule has 0 radical (unpaired) electrons. The van der Waals surface area contributed by atoms with Gasteiger partial charge < -0.3 is 10.3 Å². The van der Waals surface area contributed by atoms with Crippen LogP contribution in [0.25, 0.3) is 10.9 Å². The van der Waals surface area contributed by atoms with Crippen LogP contribution in [-0.2, 0) is 4.79 Å². The van der Waals surface area contributed by atoms with Crippen LogP contribution in [0, 0.1) is 0 Å². The molecule has 0 bridgehead atoms. The molecular weight excluding hydrogens is 344 g/mol. The number of aromatic amines is 1. The van der Waals surface area contributed by atoms with E-state index < -0.39 is 0 Å². The minimum absolute atomic E-state index is 0.0293. The van der Waals surface area contributed by atoms with Gasteiger partial charge in [-0.3, -0.25) is 4.79 Å². The monoisotopic (exact) mass is 368 g/mol. The summed E-state index contributed by atoms with van der Waals surface area (Å²) in [6.07, 6.45) is 2.42. The highest BCUT2D eigenvalue weighted by Gasteiger charge is 2.24. The first-order chi connectivity index (χ1) is 13.7. The lowest BCUT2D eigenvalue weighted by Gasteiger charge is -2.20. The Bertz CT molecular complexity index is 1010. The number of aromatic nitrogens is 1. The molecule has 0 aliphatic rings. The second-order valence-electron chi connectivity index (χ2n) is 7.22. The number of carbonyl (C=O) groups excluding carboxylic acids is 1. The lowest BCUT2D eigenvalue weighted by molar-refractivity contribution is -0.119. The van der Waals surface area contributed by atoms with Crippen LogP contribution in [0.15, 0.2) is 91.1 Å². The van der Waals surface area contributed by atoms with Gasteiger partial charge in [-0.2, -0.15) is 0 Å². The molecular formula is C25H24N2O. The second-order valence-corrected chi connectivity index (χ2v) is 7.22. The number of benzene rings is 3. The third kappa shape index (κ3) is 3.84. The molecule has 4 aromatic rings. The summed E-state index contributed by atoms with van der Waals surface area (Å²) in [7, 11) is 0. The molecule has 1 unspecified atom stereocenters. The fraction of sp³-hybridized carbons (Fsp3) is 0.160. The molecule has 0 amide bonds. The molecule has 0 aliphatic heterocycles. The number of anilines is 1. The predicted octanol–water partition coefficient (Wildman–Crippen LogP) is 5.76. The van der Waals surface area contributed by atoms with Gasteiger partial charge in [0.25, 0.3) is 0 Å². The van der Waals surface area contributed by atoms with E-state index in [1.165, 1.54) is 0 Å². The van der Waals surface area contributed by atoms with Gasteiger partial charge in [-0.25, -0.2) is 0 Å². The lowest BCUT2D eigenvalue weighted by Crippen LogP contribution is -2.24. The number of hydrogen-bond acceptors (Lipinski definition) is 2. The van der Waals surface area contributed by atoms with Gasteiger partial charge in [-0.05, 0) is 24.1 Å². The molecule has 1 heterocycles. The summed E-state index contributed by atoms with van der Waals surface area (Å²) < 4.78 is 0. The van der Waals surface area contributed by atoms with Crippen LogP contribution in [0.2, 0.25) is 0 Å². The van der Waals surface area contributed by atoms with Crippen molar-refractivity contribution in [3.63, 3.8) is 0 Å². The van der Waals surface area contributed by atoms with Gasteiger partial charge in [-0.1, -0.05) is 78.9 Å². The molecule has 0 saturated heterocycles. The van der Waals surface area contributed by atoms with Crippen LogP contribution in [0.5, 0.6) is 0 Å². The van der Waals surface area contributed by atoms with Gasteiger partial charge in [-0.15, -0.1) is 0 Å². The zero-order valence-electron chi connectivity index (χ0n) is 15.9. The van der Waals surface area contributed by atoms with Crippen LogP contribution in [0.3, 0.4) is 0 Å². The molecule has 3 heteroatoms. The molecule has 1 atom stereocenters. The maximum absolute atomic E-state index is 13.3. The number of H-pyrrole nitrogens is 1. The number of fused-ring (bicyclic) bond motifs is 1. The molecule has 3 nitrogen and oxygen atoms in total. The van der Waals surface area contributed by atoms with Crippen molar-refractivity contribution in [1.29, 1.82) is 0 Å². The number of carbonyl (C=O) groups is 1. The molecule has 0 spiro atoms. The first-order valence-corrected chi connectivity index (χ1v) is 9.67. The summed E-state index contributed by atoms with van der Waals surface area (Å²) in [6, 6.07) is 28.3. The zero-order valence-corrected chi connectivity index (χ0v) is 15.9. The van der Waals surface area contributed by atoms with Gasteiger partial charge in [0.2, 0.25) is 0 Å². The second kappa shape index (κ2) is 8.13. The Morgan fingerprint density at radius 1 is 0.857 bits per heavy atom. The summed E-state index contributed by atoms with van der Waals surface area (Å²) in [6.45, 7) is 2.06. The highest BCUT2D eigenvalue weighted by Crippen LogP contribution is 2.28. The minimum Gasteiger partial charge on any atom is -0.380 e. The molecule has 3 aromatic carbocycles. The van der Waals surface area contributed by atoms with Crippen LogP contribution in [-0.4, -0.2) is 16.8 Å². The van der Waals surface area contributed by atoms with Crippen LogP contribution in [0.1, 0.15) is 30.4 Å². The predicted molar refractivity (Wildman–Crippen MR) is 116 cm³/mol. The summed E-state index contributed by atoms with van der Waals surface area (Å²) >= 11 is 0. The SMILES string of the molecule is CC(CC(=O)C(c1ccccc1)c1ccccc1)Nc1c[nH]c2ccccc12. The van der Waals surface area contributed by atoms with Gasteiger partial charge in [0.05, 0.1) is 11.6 Å². The summed E-state index contributed by atoms with van der Waals surface area (Å²) in [5.74, 6) is -0.0214. The number of para-hydroxylation sites is 1. The van der Waals surface area contributed by atoms with Crippen LogP contribution >= 0.6 is 0 Å². The number of hydrogen-bond donors (Lipinski definition) is 2. The fourth-order valence-corrected chi connectivity index (χ4v) is 3.78. The molecule has 0 saturated carbocycles. The zero-order chi connectivity index (χ0) is 19.3. The van der Waals surface area contributed by atoms with Gasteiger partial charge in [0.1, 0.15) is 5.78 Å². The Morgan fingerprint density at radius 3 is 2.07 bits per heavy atom. The van der Waals surface area contributed by atoms with Crippen molar-refractivity contribution in [3.8, 4) is 0 Å². The van der Waals surface area contributed by atoms with Crippen molar-refractivity contribution in [2.24, 2.45) is 0 Å². The van der Waals surface area contributed by atoms with Crippen molar-refractivity contribution < 1.29 is 4.79 Å². The maximum atomic E-state index is 13.3. The van der Waals surface area contributed by atoms with E-state index in [1.807, 2.05) is 79.0 Å². The number of nitrogens with one attached hydrogen (secondary N) is 2. The van der Waals surface area contributed by atoms with Crippen molar-refractivity contribution in [3.05, 3.63) is 102 Å². The molecule has 0 aliphatic carbocycles. The Labute approximate surface area is 165 Å². The standard InChI is InChI=1S/C25H24N2O/c1-18(27-23-17-26-22-15-9-8-14-21(22)23)16-24(28)25(19-10-4-2-5-11-19)20-12-6-3-7-13-20/h2-15,17-18,25-27H,16H2,1H3. The average molecular weight is 368 g/mol. The van der Waals surface area contributed by atoms with E-state index >= 15 is 0 Å². The third-order valence-electron chi connectivity index (χ3n) is 5.09. The Hall–Kier alpha value is -3.33. The van der Waals surface area contributed by atoms with E-state index in [0.717, 1.165) is 27.7 Å². The maximum Gasteiger partial charge on any atom is 0.146 e. The quantitative estimate of drug-likeness (QED) is 0.436. The van der Waals surface area contributed by atoms with Crippen molar-refractivity contribution in [2.75, 3.05) is 5.32 Å². The third-order valence-corrected chi connectivity index (χ3v) is 5.09. The van der Waals surface area contributed by atoms with Crippen LogP contribution in [0.4, 0.5) is 5.69 Å². The van der Waals surface area contributed by atoms with Gasteiger partial charge in [0.15, 0.2) is 0 Å². The summed E-state index contributed by atoms with van der Waals surface area (Å²) in [5.41, 5.74) is 4.21. The smallest absolute Gasteiger partial charge is 0.146 e. The molecule has 1 aromatic heterocycles. The molecule has 140 valence electrons. The average Bonchev–Trinajstić information content (AvgIpc) is 3.12.